The van der Waals surface area contributed by atoms with E-state index >= 15 is 0 Å². The summed E-state index contributed by atoms with van der Waals surface area (Å²) in [6.45, 7) is 0. The Balaban J connectivity index is 2.34. The van der Waals surface area contributed by atoms with Gasteiger partial charge in [0.25, 0.3) is 0 Å². The van der Waals surface area contributed by atoms with E-state index in [0.29, 0.717) is 5.02 Å². The topological polar surface area (TPSA) is 35.2 Å². The maximum Gasteiger partial charge on any atom is 0.120 e. The van der Waals surface area contributed by atoms with Crippen molar-refractivity contribution in [3.8, 4) is 5.75 Å². The Morgan fingerprint density at radius 2 is 2.19 bits per heavy atom. The summed E-state index contributed by atoms with van der Waals surface area (Å²) in [5, 5.41) is 2.65. The Morgan fingerprint density at radius 1 is 1.38 bits per heavy atom. The van der Waals surface area contributed by atoms with Gasteiger partial charge in [-0.1, -0.05) is 23.7 Å². The first-order valence-corrected chi connectivity index (χ1v) is 6.10. The predicted octanol–water partition coefficient (Wildman–Crippen LogP) is 3.46. The van der Waals surface area contributed by atoms with Crippen molar-refractivity contribution in [3.63, 3.8) is 0 Å². The summed E-state index contributed by atoms with van der Waals surface area (Å²) in [6, 6.07) is 9.39. The average Bonchev–Trinajstić information content (AvgIpc) is 2.81. The molecule has 2 N–H and O–H groups in total. The van der Waals surface area contributed by atoms with Gasteiger partial charge in [-0.2, -0.15) is 0 Å². The Morgan fingerprint density at radius 3 is 2.75 bits per heavy atom. The number of benzene rings is 1. The van der Waals surface area contributed by atoms with Gasteiger partial charge in [0.1, 0.15) is 5.75 Å². The van der Waals surface area contributed by atoms with Gasteiger partial charge in [-0.25, -0.2) is 0 Å². The molecule has 1 aromatic heterocycles. The van der Waals surface area contributed by atoms with Crippen molar-refractivity contribution >= 4 is 22.9 Å². The van der Waals surface area contributed by atoms with E-state index in [4.69, 9.17) is 22.1 Å². The number of methoxy groups -OCH3 is 1. The number of hydrogen-bond acceptors (Lipinski definition) is 3. The van der Waals surface area contributed by atoms with Gasteiger partial charge in [0.2, 0.25) is 0 Å². The molecular formula is C12H12ClNOS. The van der Waals surface area contributed by atoms with Gasteiger partial charge in [-0.15, -0.1) is 11.3 Å². The summed E-state index contributed by atoms with van der Waals surface area (Å²) in [4.78, 5) is 1.10. The van der Waals surface area contributed by atoms with Crippen LogP contribution in [-0.4, -0.2) is 7.11 Å². The van der Waals surface area contributed by atoms with Crippen LogP contribution in [0.15, 0.2) is 35.7 Å². The molecule has 1 atom stereocenters. The smallest absolute Gasteiger partial charge is 0.120 e. The summed E-state index contributed by atoms with van der Waals surface area (Å²) >= 11 is 7.79. The lowest BCUT2D eigenvalue weighted by atomic mass is 10.1. The molecule has 0 aliphatic heterocycles. The summed E-state index contributed by atoms with van der Waals surface area (Å²) in [5.74, 6) is 0.743. The highest BCUT2D eigenvalue weighted by molar-refractivity contribution is 7.10. The van der Waals surface area contributed by atoms with Crippen LogP contribution in [0.1, 0.15) is 16.5 Å². The van der Waals surface area contributed by atoms with Crippen LogP contribution in [-0.2, 0) is 0 Å². The minimum absolute atomic E-state index is 0.168. The molecule has 0 amide bonds. The highest BCUT2D eigenvalue weighted by Gasteiger charge is 2.13. The molecule has 16 heavy (non-hydrogen) atoms. The van der Waals surface area contributed by atoms with Crippen LogP contribution in [0.2, 0.25) is 5.02 Å². The molecular weight excluding hydrogens is 242 g/mol. The first-order valence-electron chi connectivity index (χ1n) is 4.85. The van der Waals surface area contributed by atoms with E-state index in [1.165, 1.54) is 0 Å². The normalized spacial score (nSPS) is 12.4. The molecule has 0 aliphatic rings. The monoisotopic (exact) mass is 253 g/mol. The van der Waals surface area contributed by atoms with Gasteiger partial charge >= 0.3 is 0 Å². The van der Waals surface area contributed by atoms with Gasteiger partial charge in [-0.05, 0) is 29.1 Å². The maximum atomic E-state index is 6.16. The van der Waals surface area contributed by atoms with Gasteiger partial charge < -0.3 is 10.5 Å². The first-order chi connectivity index (χ1) is 7.72. The van der Waals surface area contributed by atoms with Crippen LogP contribution in [0.4, 0.5) is 0 Å². The molecule has 84 valence electrons. The molecule has 0 bridgehead atoms. The average molecular weight is 254 g/mol. The summed E-state index contributed by atoms with van der Waals surface area (Å²) in [5.41, 5.74) is 7.06. The molecule has 0 aliphatic carbocycles. The highest BCUT2D eigenvalue weighted by atomic mass is 35.5. The lowest BCUT2D eigenvalue weighted by Gasteiger charge is -2.12. The van der Waals surface area contributed by atoms with Crippen molar-refractivity contribution < 1.29 is 4.74 Å². The number of ether oxygens (including phenoxy) is 1. The minimum atomic E-state index is -0.168. The quantitative estimate of drug-likeness (QED) is 0.909. The van der Waals surface area contributed by atoms with E-state index in [1.54, 1.807) is 24.5 Å². The van der Waals surface area contributed by atoms with Crippen molar-refractivity contribution in [1.82, 2.24) is 0 Å². The van der Waals surface area contributed by atoms with Crippen LogP contribution in [0.3, 0.4) is 0 Å². The fraction of sp³-hybridized carbons (Fsp3) is 0.167. The molecule has 2 aromatic rings. The Bertz CT molecular complexity index is 470. The third-order valence-corrected chi connectivity index (χ3v) is 3.68. The largest absolute Gasteiger partial charge is 0.497 e. The van der Waals surface area contributed by atoms with Crippen LogP contribution in [0, 0.1) is 0 Å². The van der Waals surface area contributed by atoms with Crippen LogP contribution >= 0.6 is 22.9 Å². The molecule has 4 heteroatoms. The standard InChI is InChI=1S/C12H12ClNOS/c1-15-8-4-5-9(10(13)7-8)12(14)11-3-2-6-16-11/h2-7,12H,14H2,1H3. The second-order valence-electron chi connectivity index (χ2n) is 3.38. The summed E-state index contributed by atoms with van der Waals surface area (Å²) in [7, 11) is 1.62. The van der Waals surface area contributed by atoms with Crippen LogP contribution in [0.25, 0.3) is 0 Å². The molecule has 0 saturated carbocycles. The molecule has 1 aromatic carbocycles. The van der Waals surface area contributed by atoms with Crippen molar-refractivity contribution in [2.24, 2.45) is 5.73 Å². The lowest BCUT2D eigenvalue weighted by molar-refractivity contribution is 0.414. The Labute approximate surface area is 104 Å². The van der Waals surface area contributed by atoms with Crippen LogP contribution in [0.5, 0.6) is 5.75 Å². The van der Waals surface area contributed by atoms with Crippen molar-refractivity contribution in [3.05, 3.63) is 51.2 Å². The number of halogens is 1. The molecule has 2 rings (SSSR count). The minimum Gasteiger partial charge on any atom is -0.497 e. The molecule has 0 saturated heterocycles. The Hall–Kier alpha value is -1.03. The van der Waals surface area contributed by atoms with E-state index in [9.17, 15) is 0 Å². The molecule has 2 nitrogen and oxygen atoms in total. The Kier molecular flexibility index (Phi) is 3.49. The lowest BCUT2D eigenvalue weighted by Crippen LogP contribution is -2.10. The molecule has 0 spiro atoms. The summed E-state index contributed by atoms with van der Waals surface area (Å²) in [6.07, 6.45) is 0. The number of nitrogens with two attached hydrogens (primary N) is 1. The van der Waals surface area contributed by atoms with E-state index in [0.717, 1.165) is 16.2 Å². The molecule has 0 fully saturated rings. The van der Waals surface area contributed by atoms with Gasteiger partial charge in [0, 0.05) is 9.90 Å². The molecule has 0 radical (unpaired) electrons. The highest BCUT2D eigenvalue weighted by Crippen LogP contribution is 2.31. The SMILES string of the molecule is COc1ccc(C(N)c2cccs2)c(Cl)c1. The summed E-state index contributed by atoms with van der Waals surface area (Å²) < 4.78 is 5.10. The third kappa shape index (κ3) is 2.21. The molecule has 1 unspecified atom stereocenters. The van der Waals surface area contributed by atoms with Crippen molar-refractivity contribution in [2.75, 3.05) is 7.11 Å². The number of rotatable bonds is 3. The zero-order chi connectivity index (χ0) is 11.5. The van der Waals surface area contributed by atoms with E-state index in [-0.39, 0.29) is 6.04 Å². The van der Waals surface area contributed by atoms with Crippen molar-refractivity contribution in [1.29, 1.82) is 0 Å². The fourth-order valence-electron chi connectivity index (χ4n) is 1.51. The van der Waals surface area contributed by atoms with E-state index in [2.05, 4.69) is 0 Å². The zero-order valence-electron chi connectivity index (χ0n) is 8.81. The van der Waals surface area contributed by atoms with Gasteiger partial charge in [0.05, 0.1) is 13.2 Å². The first kappa shape index (κ1) is 11.5. The van der Waals surface area contributed by atoms with E-state index in [1.807, 2.05) is 29.6 Å². The zero-order valence-corrected chi connectivity index (χ0v) is 10.4. The predicted molar refractivity (Wildman–Crippen MR) is 68.4 cm³/mol. The number of hydrogen-bond donors (Lipinski definition) is 1. The fourth-order valence-corrected chi connectivity index (χ4v) is 2.54. The van der Waals surface area contributed by atoms with Crippen molar-refractivity contribution in [2.45, 2.75) is 6.04 Å². The van der Waals surface area contributed by atoms with Gasteiger partial charge in [0.15, 0.2) is 0 Å². The van der Waals surface area contributed by atoms with Crippen LogP contribution < -0.4 is 10.5 Å². The second kappa shape index (κ2) is 4.87. The third-order valence-electron chi connectivity index (χ3n) is 2.39. The second-order valence-corrected chi connectivity index (χ2v) is 4.77. The maximum absolute atomic E-state index is 6.16. The van der Waals surface area contributed by atoms with Gasteiger partial charge in [-0.3, -0.25) is 0 Å². The number of thiophene rings is 1. The van der Waals surface area contributed by atoms with E-state index < -0.39 is 0 Å². The molecule has 1 heterocycles.